The molecule has 122 valence electrons. The summed E-state index contributed by atoms with van der Waals surface area (Å²) in [4.78, 5) is 29.6. The van der Waals surface area contributed by atoms with Gasteiger partial charge < -0.3 is 14.6 Å². The summed E-state index contributed by atoms with van der Waals surface area (Å²) in [5, 5.41) is 0.809. The van der Waals surface area contributed by atoms with Gasteiger partial charge in [0, 0.05) is 30.2 Å². The predicted molar refractivity (Wildman–Crippen MR) is 88.2 cm³/mol. The number of amides is 1. The average Bonchev–Trinajstić information content (AvgIpc) is 2.99. The lowest BCUT2D eigenvalue weighted by atomic mass is 9.99. The molecule has 1 aromatic carbocycles. The number of aromatic amines is 1. The van der Waals surface area contributed by atoms with Crippen LogP contribution >= 0.6 is 0 Å². The van der Waals surface area contributed by atoms with E-state index in [-0.39, 0.29) is 5.91 Å². The molecule has 0 unspecified atom stereocenters. The van der Waals surface area contributed by atoms with E-state index in [1.165, 1.54) is 0 Å². The lowest BCUT2D eigenvalue weighted by molar-refractivity contribution is -0.141. The molecule has 2 heterocycles. The van der Waals surface area contributed by atoms with Gasteiger partial charge in [0.15, 0.2) is 6.10 Å². The Balaban J connectivity index is 1.66. The number of H-pyrrole nitrogens is 1. The summed E-state index contributed by atoms with van der Waals surface area (Å²) in [5.41, 5.74) is 1.34. The van der Waals surface area contributed by atoms with Crippen molar-refractivity contribution in [1.29, 1.82) is 0 Å². The highest BCUT2D eigenvalue weighted by Gasteiger charge is 2.27. The maximum atomic E-state index is 12.4. The molecule has 0 radical (unpaired) electrons. The molecule has 1 aliphatic heterocycles. The van der Waals surface area contributed by atoms with Gasteiger partial charge in [-0.05, 0) is 31.7 Å². The van der Waals surface area contributed by atoms with Gasteiger partial charge in [0.1, 0.15) is 0 Å². The smallest absolute Gasteiger partial charge is 0.341 e. The number of nitrogens with zero attached hydrogens (tertiary/aromatic N) is 1. The number of esters is 1. The number of likely N-dealkylation sites (tertiary alicyclic amines) is 1. The summed E-state index contributed by atoms with van der Waals surface area (Å²) >= 11 is 0. The van der Waals surface area contributed by atoms with Gasteiger partial charge in [-0.2, -0.15) is 0 Å². The van der Waals surface area contributed by atoms with Crippen LogP contribution in [-0.2, 0) is 9.53 Å². The van der Waals surface area contributed by atoms with E-state index < -0.39 is 12.1 Å². The van der Waals surface area contributed by atoms with Crippen LogP contribution in [0.5, 0.6) is 0 Å². The third-order valence-corrected chi connectivity index (χ3v) is 4.54. The topological polar surface area (TPSA) is 62.4 Å². The summed E-state index contributed by atoms with van der Waals surface area (Å²) in [6.45, 7) is 5.33. The minimum atomic E-state index is -0.760. The molecule has 0 spiro atoms. The van der Waals surface area contributed by atoms with Crippen LogP contribution < -0.4 is 0 Å². The number of para-hydroxylation sites is 1. The van der Waals surface area contributed by atoms with E-state index in [0.717, 1.165) is 36.8 Å². The second-order valence-electron chi connectivity index (χ2n) is 6.30. The molecule has 1 atom stereocenters. The Kier molecular flexibility index (Phi) is 4.37. The van der Waals surface area contributed by atoms with E-state index in [0.29, 0.717) is 11.5 Å². The molecular weight excluding hydrogens is 292 g/mol. The molecule has 1 fully saturated rings. The molecule has 2 aromatic rings. The monoisotopic (exact) mass is 314 g/mol. The number of rotatable bonds is 3. The molecule has 1 saturated heterocycles. The number of benzene rings is 1. The molecule has 0 saturated carbocycles. The fraction of sp³-hybridized carbons (Fsp3) is 0.444. The van der Waals surface area contributed by atoms with Crippen molar-refractivity contribution >= 4 is 22.8 Å². The number of hydrogen-bond acceptors (Lipinski definition) is 3. The van der Waals surface area contributed by atoms with Crippen LogP contribution in [0, 0.1) is 5.92 Å². The summed E-state index contributed by atoms with van der Waals surface area (Å²) in [6, 6.07) is 7.53. The van der Waals surface area contributed by atoms with Gasteiger partial charge in [0.05, 0.1) is 5.56 Å². The van der Waals surface area contributed by atoms with Crippen LogP contribution in [-0.4, -0.2) is 41.0 Å². The van der Waals surface area contributed by atoms with Crippen LogP contribution in [0.25, 0.3) is 10.9 Å². The minimum Gasteiger partial charge on any atom is -0.449 e. The van der Waals surface area contributed by atoms with E-state index in [9.17, 15) is 9.59 Å². The van der Waals surface area contributed by atoms with Gasteiger partial charge in [-0.3, -0.25) is 4.79 Å². The second kappa shape index (κ2) is 6.44. The normalized spacial score (nSPS) is 17.2. The third kappa shape index (κ3) is 3.23. The highest BCUT2D eigenvalue weighted by molar-refractivity contribution is 6.04. The molecule has 5 heteroatoms. The van der Waals surface area contributed by atoms with Crippen molar-refractivity contribution in [3.63, 3.8) is 0 Å². The van der Waals surface area contributed by atoms with Gasteiger partial charge in [-0.25, -0.2) is 4.79 Å². The molecule has 23 heavy (non-hydrogen) atoms. The lowest BCUT2D eigenvalue weighted by Crippen LogP contribution is -2.44. The Labute approximate surface area is 135 Å². The third-order valence-electron chi connectivity index (χ3n) is 4.54. The Bertz CT molecular complexity index is 714. The van der Waals surface area contributed by atoms with Crippen LogP contribution in [0.4, 0.5) is 0 Å². The Morgan fingerprint density at radius 3 is 2.70 bits per heavy atom. The fourth-order valence-corrected chi connectivity index (χ4v) is 3.00. The number of carbonyl (C=O) groups excluding carboxylic acids is 2. The number of carbonyl (C=O) groups is 2. The van der Waals surface area contributed by atoms with Crippen LogP contribution in [0.15, 0.2) is 30.5 Å². The second-order valence-corrected chi connectivity index (χ2v) is 6.30. The van der Waals surface area contributed by atoms with E-state index in [2.05, 4.69) is 11.9 Å². The quantitative estimate of drug-likeness (QED) is 0.886. The molecule has 0 aliphatic carbocycles. The van der Waals surface area contributed by atoms with Crippen molar-refractivity contribution in [1.82, 2.24) is 9.88 Å². The van der Waals surface area contributed by atoms with Crippen molar-refractivity contribution in [3.8, 4) is 0 Å². The first-order valence-corrected chi connectivity index (χ1v) is 8.12. The van der Waals surface area contributed by atoms with Crippen LogP contribution in [0.1, 0.15) is 37.0 Å². The van der Waals surface area contributed by atoms with Gasteiger partial charge >= 0.3 is 5.97 Å². The van der Waals surface area contributed by atoms with E-state index in [1.54, 1.807) is 18.0 Å². The van der Waals surface area contributed by atoms with E-state index in [4.69, 9.17) is 4.74 Å². The zero-order valence-corrected chi connectivity index (χ0v) is 13.5. The first-order valence-electron chi connectivity index (χ1n) is 8.12. The van der Waals surface area contributed by atoms with Gasteiger partial charge in [0.25, 0.3) is 5.91 Å². The zero-order chi connectivity index (χ0) is 16.4. The van der Waals surface area contributed by atoms with Crippen molar-refractivity contribution in [2.24, 2.45) is 5.92 Å². The maximum Gasteiger partial charge on any atom is 0.341 e. The Hall–Kier alpha value is -2.30. The molecule has 1 aliphatic rings. The molecule has 3 rings (SSSR count). The van der Waals surface area contributed by atoms with Gasteiger partial charge in [0.2, 0.25) is 0 Å². The molecule has 1 N–H and O–H groups in total. The number of aromatic nitrogens is 1. The van der Waals surface area contributed by atoms with Gasteiger partial charge in [-0.1, -0.05) is 25.1 Å². The number of piperidine rings is 1. The first-order chi connectivity index (χ1) is 11.1. The van der Waals surface area contributed by atoms with Crippen molar-refractivity contribution in [2.45, 2.75) is 32.8 Å². The van der Waals surface area contributed by atoms with E-state index >= 15 is 0 Å². The molecule has 1 amide bonds. The summed E-state index contributed by atoms with van der Waals surface area (Å²) in [5.74, 6) is 0.0851. The van der Waals surface area contributed by atoms with Crippen molar-refractivity contribution < 1.29 is 14.3 Å². The first kappa shape index (κ1) is 15.6. The highest BCUT2D eigenvalue weighted by atomic mass is 16.5. The Morgan fingerprint density at radius 1 is 1.26 bits per heavy atom. The largest absolute Gasteiger partial charge is 0.449 e. The summed E-state index contributed by atoms with van der Waals surface area (Å²) in [6.07, 6.45) is 2.89. The number of fused-ring (bicyclic) bond motifs is 1. The number of ether oxygens (including phenoxy) is 1. The molecule has 1 aromatic heterocycles. The number of hydrogen-bond donors (Lipinski definition) is 1. The average molecular weight is 314 g/mol. The maximum absolute atomic E-state index is 12.4. The van der Waals surface area contributed by atoms with Crippen LogP contribution in [0.3, 0.4) is 0 Å². The highest BCUT2D eigenvalue weighted by Crippen LogP contribution is 2.20. The van der Waals surface area contributed by atoms with Crippen LogP contribution in [0.2, 0.25) is 0 Å². The minimum absolute atomic E-state index is 0.106. The van der Waals surface area contributed by atoms with E-state index in [1.807, 2.05) is 24.3 Å². The Morgan fingerprint density at radius 2 is 1.96 bits per heavy atom. The molecular formula is C18H22N2O3. The standard InChI is InChI=1S/C18H22N2O3/c1-12-7-9-20(10-8-12)17(21)13(2)23-18(22)15-11-19-16-6-4-3-5-14(15)16/h3-6,11-13,19H,7-10H2,1-2H3/t13-/m1/s1. The van der Waals surface area contributed by atoms with Gasteiger partial charge in [-0.15, -0.1) is 0 Å². The predicted octanol–water partition coefficient (Wildman–Crippen LogP) is 2.97. The summed E-state index contributed by atoms with van der Waals surface area (Å²) < 4.78 is 5.39. The number of nitrogens with one attached hydrogen (secondary N) is 1. The molecule has 5 nitrogen and oxygen atoms in total. The summed E-state index contributed by atoms with van der Waals surface area (Å²) in [7, 11) is 0. The lowest BCUT2D eigenvalue weighted by Gasteiger charge is -2.31. The zero-order valence-electron chi connectivity index (χ0n) is 13.5. The molecule has 0 bridgehead atoms. The fourth-order valence-electron chi connectivity index (χ4n) is 3.00. The van der Waals surface area contributed by atoms with Crippen molar-refractivity contribution in [2.75, 3.05) is 13.1 Å². The SMILES string of the molecule is CC1CCN(C(=O)[C@@H](C)OC(=O)c2c[nH]c3ccccc23)CC1. The van der Waals surface area contributed by atoms with Crippen molar-refractivity contribution in [3.05, 3.63) is 36.0 Å².